The number of aromatic nitrogens is 1. The molecule has 2 rings (SSSR count). The first-order chi connectivity index (χ1) is 5.27. The zero-order valence-electron chi connectivity index (χ0n) is 6.00. The summed E-state index contributed by atoms with van der Waals surface area (Å²) in [6.07, 6.45) is 1.61. The van der Waals surface area contributed by atoms with Gasteiger partial charge in [0.25, 0.3) is 0 Å². The average Bonchev–Trinajstić information content (AvgIpc) is 2.36. The highest BCUT2D eigenvalue weighted by atomic mass is 16.3. The molecule has 2 aromatic heterocycles. The Balaban J connectivity index is 3.09. The van der Waals surface area contributed by atoms with Gasteiger partial charge in [0.05, 0.1) is 11.6 Å². The van der Waals surface area contributed by atoms with Crippen molar-refractivity contribution in [1.82, 2.24) is 4.98 Å². The first-order valence-corrected chi connectivity index (χ1v) is 3.29. The molecule has 2 heterocycles. The van der Waals surface area contributed by atoms with Gasteiger partial charge >= 0.3 is 0 Å². The Morgan fingerprint density at radius 2 is 2.18 bits per heavy atom. The van der Waals surface area contributed by atoms with Crippen LogP contribution in [0, 0.1) is 0 Å². The van der Waals surface area contributed by atoms with Gasteiger partial charge in [-0.1, -0.05) is 13.2 Å². The number of pyridine rings is 1. The van der Waals surface area contributed by atoms with Crippen LogP contribution in [0.25, 0.3) is 24.3 Å². The third-order valence-electron chi connectivity index (χ3n) is 1.60. The number of hydrogen-bond donors (Lipinski definition) is 0. The molecule has 0 atom stereocenters. The minimum atomic E-state index is 0.707. The summed E-state index contributed by atoms with van der Waals surface area (Å²) in [7, 11) is 0. The predicted molar refractivity (Wildman–Crippen MR) is 44.3 cm³/mol. The van der Waals surface area contributed by atoms with Crippen molar-refractivity contribution in [3.8, 4) is 0 Å². The van der Waals surface area contributed by atoms with Crippen LogP contribution in [0.15, 0.2) is 22.8 Å². The van der Waals surface area contributed by atoms with Crippen LogP contribution in [-0.4, -0.2) is 4.98 Å². The Labute approximate surface area is 63.5 Å². The van der Waals surface area contributed by atoms with E-state index >= 15 is 0 Å². The second-order valence-electron chi connectivity index (χ2n) is 2.40. The zero-order chi connectivity index (χ0) is 7.84. The Kier molecular flexibility index (Phi) is 1.09. The number of hydrogen-bond acceptors (Lipinski definition) is 2. The van der Waals surface area contributed by atoms with Crippen LogP contribution in [0.1, 0.15) is 0 Å². The number of nitrogens with zero attached hydrogens (tertiary/aromatic N) is 1. The molecule has 0 saturated carbocycles. The predicted octanol–water partition coefficient (Wildman–Crippen LogP) is 0.648. The molecule has 0 unspecified atom stereocenters. The van der Waals surface area contributed by atoms with E-state index in [1.165, 1.54) is 0 Å². The Hall–Kier alpha value is -1.57. The van der Waals surface area contributed by atoms with Crippen LogP contribution in [0.2, 0.25) is 0 Å². The molecule has 2 aromatic rings. The van der Waals surface area contributed by atoms with Gasteiger partial charge in [-0.15, -0.1) is 0 Å². The fourth-order valence-electron chi connectivity index (χ4n) is 0.973. The van der Waals surface area contributed by atoms with Crippen molar-refractivity contribution in [3.63, 3.8) is 0 Å². The summed E-state index contributed by atoms with van der Waals surface area (Å²) in [5, 5.41) is 1.52. The molecule has 0 amide bonds. The van der Waals surface area contributed by atoms with Crippen molar-refractivity contribution in [3.05, 3.63) is 29.0 Å². The molecular weight excluding hydrogens is 138 g/mol. The molecule has 0 aromatic carbocycles. The molecular formula is C9H7NO. The van der Waals surface area contributed by atoms with Crippen molar-refractivity contribution < 1.29 is 4.42 Å². The largest absolute Gasteiger partial charge is 0.463 e. The second kappa shape index (κ2) is 1.95. The highest BCUT2D eigenvalue weighted by molar-refractivity contribution is 5.71. The molecule has 0 radical (unpaired) electrons. The minimum absolute atomic E-state index is 0.707. The lowest BCUT2D eigenvalue weighted by atomic mass is 10.3. The topological polar surface area (TPSA) is 26.0 Å². The third kappa shape index (κ3) is 0.835. The average molecular weight is 145 g/mol. The SMILES string of the molecule is C=c1cc2occc2nc1=C. The van der Waals surface area contributed by atoms with Crippen molar-refractivity contribution in [2.24, 2.45) is 0 Å². The summed E-state index contributed by atoms with van der Waals surface area (Å²) >= 11 is 0. The lowest BCUT2D eigenvalue weighted by molar-refractivity contribution is 0.615. The van der Waals surface area contributed by atoms with Gasteiger partial charge in [-0.2, -0.15) is 0 Å². The lowest BCUT2D eigenvalue weighted by Gasteiger charge is -1.86. The first kappa shape index (κ1) is 6.16. The van der Waals surface area contributed by atoms with E-state index < -0.39 is 0 Å². The summed E-state index contributed by atoms with van der Waals surface area (Å²) < 4.78 is 5.12. The quantitative estimate of drug-likeness (QED) is 0.544. The molecule has 2 nitrogen and oxygen atoms in total. The van der Waals surface area contributed by atoms with Gasteiger partial charge in [-0.25, -0.2) is 4.98 Å². The van der Waals surface area contributed by atoms with E-state index in [-0.39, 0.29) is 0 Å². The third-order valence-corrected chi connectivity index (χ3v) is 1.60. The Morgan fingerprint density at radius 3 is 3.00 bits per heavy atom. The monoisotopic (exact) mass is 145 g/mol. The van der Waals surface area contributed by atoms with E-state index in [1.54, 1.807) is 6.26 Å². The molecule has 2 heteroatoms. The van der Waals surface area contributed by atoms with E-state index in [1.807, 2.05) is 12.1 Å². The highest BCUT2D eigenvalue weighted by Crippen LogP contribution is 2.06. The van der Waals surface area contributed by atoms with Crippen LogP contribution in [-0.2, 0) is 0 Å². The summed E-state index contributed by atoms with van der Waals surface area (Å²) in [4.78, 5) is 4.17. The van der Waals surface area contributed by atoms with Crippen LogP contribution in [0.5, 0.6) is 0 Å². The van der Waals surface area contributed by atoms with Gasteiger partial charge < -0.3 is 4.42 Å². The van der Waals surface area contributed by atoms with Crippen molar-refractivity contribution in [1.29, 1.82) is 0 Å². The number of rotatable bonds is 0. The molecule has 0 spiro atoms. The van der Waals surface area contributed by atoms with E-state index in [0.29, 0.717) is 5.35 Å². The fraction of sp³-hybridized carbons (Fsp3) is 0. The van der Waals surface area contributed by atoms with E-state index in [9.17, 15) is 0 Å². The fourth-order valence-corrected chi connectivity index (χ4v) is 0.973. The molecule has 0 aliphatic rings. The van der Waals surface area contributed by atoms with Crippen molar-refractivity contribution >= 4 is 24.3 Å². The smallest absolute Gasteiger partial charge is 0.152 e. The van der Waals surface area contributed by atoms with E-state index in [0.717, 1.165) is 16.3 Å². The normalized spacial score (nSPS) is 10.5. The van der Waals surface area contributed by atoms with Gasteiger partial charge in [0.1, 0.15) is 5.52 Å². The number of fused-ring (bicyclic) bond motifs is 1. The molecule has 0 N–H and O–H groups in total. The maximum absolute atomic E-state index is 5.12. The van der Waals surface area contributed by atoms with Gasteiger partial charge in [-0.05, 0) is 11.3 Å². The van der Waals surface area contributed by atoms with Crippen LogP contribution in [0.3, 0.4) is 0 Å². The standard InChI is InChI=1S/C9H7NO/c1-6-5-9-8(3-4-11-9)10-7(6)2/h3-5H,1-2H2. The van der Waals surface area contributed by atoms with Gasteiger partial charge in [0, 0.05) is 6.07 Å². The van der Waals surface area contributed by atoms with Crippen molar-refractivity contribution in [2.75, 3.05) is 0 Å². The van der Waals surface area contributed by atoms with Crippen LogP contribution < -0.4 is 10.6 Å². The van der Waals surface area contributed by atoms with Gasteiger partial charge in [0.2, 0.25) is 0 Å². The lowest BCUT2D eigenvalue weighted by Crippen LogP contribution is -2.24. The summed E-state index contributed by atoms with van der Waals surface area (Å²) in [5.41, 5.74) is 1.60. The first-order valence-electron chi connectivity index (χ1n) is 3.29. The maximum atomic E-state index is 5.12. The molecule has 0 bridgehead atoms. The highest BCUT2D eigenvalue weighted by Gasteiger charge is 1.95. The minimum Gasteiger partial charge on any atom is -0.463 e. The summed E-state index contributed by atoms with van der Waals surface area (Å²) in [6, 6.07) is 3.65. The molecule has 0 saturated heterocycles. The van der Waals surface area contributed by atoms with E-state index in [2.05, 4.69) is 18.1 Å². The summed E-state index contributed by atoms with van der Waals surface area (Å²) in [6.45, 7) is 7.50. The summed E-state index contributed by atoms with van der Waals surface area (Å²) in [5.74, 6) is 0. The molecule has 0 fully saturated rings. The molecule has 11 heavy (non-hydrogen) atoms. The molecule has 0 aliphatic heterocycles. The van der Waals surface area contributed by atoms with Crippen molar-refractivity contribution in [2.45, 2.75) is 0 Å². The maximum Gasteiger partial charge on any atom is 0.152 e. The zero-order valence-corrected chi connectivity index (χ0v) is 6.00. The number of furan rings is 1. The Bertz CT molecular complexity index is 440. The Morgan fingerprint density at radius 1 is 1.36 bits per heavy atom. The van der Waals surface area contributed by atoms with Crippen LogP contribution >= 0.6 is 0 Å². The van der Waals surface area contributed by atoms with E-state index in [4.69, 9.17) is 4.42 Å². The van der Waals surface area contributed by atoms with Gasteiger partial charge in [-0.3, -0.25) is 0 Å². The molecule has 0 aliphatic carbocycles. The van der Waals surface area contributed by atoms with Crippen LogP contribution in [0.4, 0.5) is 0 Å². The molecule has 54 valence electrons. The van der Waals surface area contributed by atoms with Gasteiger partial charge in [0.15, 0.2) is 5.58 Å². The second-order valence-corrected chi connectivity index (χ2v) is 2.40.